The van der Waals surface area contributed by atoms with Crippen molar-refractivity contribution in [1.29, 1.82) is 5.26 Å². The number of likely N-dealkylation sites (tertiary alicyclic amines) is 1. The lowest BCUT2D eigenvalue weighted by molar-refractivity contribution is -0.142. The maximum Gasteiger partial charge on any atom is 0.243 e. The van der Waals surface area contributed by atoms with E-state index in [1.807, 2.05) is 62.4 Å². The first kappa shape index (κ1) is 55.0. The molecule has 3 aromatic carbocycles. The van der Waals surface area contributed by atoms with E-state index >= 15 is 0 Å². The Balaban J connectivity index is 0.791. The zero-order valence-corrected chi connectivity index (χ0v) is 44.9. The van der Waals surface area contributed by atoms with Gasteiger partial charge in [0.1, 0.15) is 17.9 Å². The summed E-state index contributed by atoms with van der Waals surface area (Å²) < 4.78 is 17.3. The number of piperazine rings is 1. The summed E-state index contributed by atoms with van der Waals surface area (Å²) in [4.78, 5) is 56.6. The van der Waals surface area contributed by atoms with Crippen molar-refractivity contribution in [2.75, 3.05) is 72.0 Å². The molecule has 1 unspecified atom stereocenters. The summed E-state index contributed by atoms with van der Waals surface area (Å²) in [6, 6.07) is 15.8. The smallest absolute Gasteiger partial charge is 0.243 e. The summed E-state index contributed by atoms with van der Waals surface area (Å²) in [7, 11) is 3.08. The number of β-amino-alcohol motifs (C(OH)–C–C–N with tert-alkyl or cyclic N) is 1. The van der Waals surface area contributed by atoms with Gasteiger partial charge in [0.2, 0.25) is 17.7 Å². The van der Waals surface area contributed by atoms with E-state index in [0.717, 1.165) is 73.4 Å². The molecule has 19 heteroatoms. The summed E-state index contributed by atoms with van der Waals surface area (Å²) in [5.41, 5.74) is 6.33. The second-order valence-corrected chi connectivity index (χ2v) is 21.4. The molecular formula is C54H67Cl2N9O7S. The number of aryl methyl sites for hydroxylation is 1. The number of carbonyl (C=O) groups excluding carboxylic acids is 3. The van der Waals surface area contributed by atoms with Crippen LogP contribution in [0, 0.1) is 23.7 Å². The molecule has 2 aromatic heterocycles. The molecule has 73 heavy (non-hydrogen) atoms. The first-order valence-electron chi connectivity index (χ1n) is 24.9. The monoisotopic (exact) mass is 1060 g/mol. The lowest BCUT2D eigenvalue weighted by atomic mass is 9.85. The van der Waals surface area contributed by atoms with Crippen LogP contribution < -0.4 is 30.2 Å². The number of hydrogen-bond acceptors (Lipinski definition) is 14. The van der Waals surface area contributed by atoms with Gasteiger partial charge in [0.05, 0.1) is 81.6 Å². The van der Waals surface area contributed by atoms with Crippen molar-refractivity contribution in [3.63, 3.8) is 0 Å². The molecule has 0 aliphatic carbocycles. The summed E-state index contributed by atoms with van der Waals surface area (Å²) in [5.74, 6) is 1.18. The molecule has 0 saturated carbocycles. The van der Waals surface area contributed by atoms with Gasteiger partial charge in [-0.1, -0.05) is 81.1 Å². The van der Waals surface area contributed by atoms with Crippen molar-refractivity contribution in [2.24, 2.45) is 5.41 Å². The number of hydrogen-bond donors (Lipinski definition) is 4. The Bertz CT molecular complexity index is 2760. The Morgan fingerprint density at radius 3 is 2.36 bits per heavy atom. The molecule has 16 nitrogen and oxygen atoms in total. The van der Waals surface area contributed by atoms with Crippen LogP contribution in [0.4, 0.5) is 11.4 Å². The van der Waals surface area contributed by atoms with Gasteiger partial charge in [-0.05, 0) is 61.4 Å². The normalized spacial score (nSPS) is 16.5. The number of thiazole rings is 1. The zero-order chi connectivity index (χ0) is 52.2. The SMILES string of the molecule is COc1cc(Nc2c(C#N)cnc3cc(OCCCN4CCN(C(=O)CCCCCCNC(C(=O)N5C[C@H](O)C[C@H]5C(=O)NCc5ccc(-c6scnc6C)cc5)C(C)(C)C)CC4)c(OC)cc23)c(Cl)cc1Cl. The van der Waals surface area contributed by atoms with E-state index in [9.17, 15) is 24.8 Å². The van der Waals surface area contributed by atoms with Crippen molar-refractivity contribution < 1.29 is 33.7 Å². The molecule has 5 aromatic rings. The number of pyridine rings is 1. The molecule has 2 aliphatic rings. The van der Waals surface area contributed by atoms with Crippen LogP contribution in [0.15, 0.2) is 60.2 Å². The van der Waals surface area contributed by atoms with Crippen LogP contribution in [0.1, 0.15) is 82.5 Å². The van der Waals surface area contributed by atoms with Gasteiger partial charge in [-0.2, -0.15) is 5.26 Å². The average Bonchev–Trinajstić information content (AvgIpc) is 4.00. The zero-order valence-electron chi connectivity index (χ0n) is 42.6. The summed E-state index contributed by atoms with van der Waals surface area (Å²) >= 11 is 14.4. The number of anilines is 2. The van der Waals surface area contributed by atoms with Crippen molar-refractivity contribution in [2.45, 2.75) is 97.4 Å². The van der Waals surface area contributed by atoms with Crippen LogP contribution in [-0.4, -0.2) is 132 Å². The fourth-order valence-electron chi connectivity index (χ4n) is 9.35. The number of fused-ring (bicyclic) bond motifs is 1. The number of methoxy groups -OCH3 is 2. The fourth-order valence-corrected chi connectivity index (χ4v) is 10.7. The van der Waals surface area contributed by atoms with E-state index < -0.39 is 23.6 Å². The van der Waals surface area contributed by atoms with Gasteiger partial charge in [0, 0.05) is 82.4 Å². The number of nitrogens with zero attached hydrogens (tertiary/aromatic N) is 6. The van der Waals surface area contributed by atoms with Gasteiger partial charge in [-0.3, -0.25) is 24.3 Å². The van der Waals surface area contributed by atoms with Crippen LogP contribution in [0.25, 0.3) is 21.3 Å². The highest BCUT2D eigenvalue weighted by Gasteiger charge is 2.43. The molecule has 2 fully saturated rings. The number of aromatic nitrogens is 2. The molecule has 0 radical (unpaired) electrons. The number of ether oxygens (including phenoxy) is 3. The third-order valence-electron chi connectivity index (χ3n) is 13.4. The average molecular weight is 1060 g/mol. The summed E-state index contributed by atoms with van der Waals surface area (Å²) in [5, 5.41) is 31.7. The van der Waals surface area contributed by atoms with Crippen molar-refractivity contribution >= 4 is 74.5 Å². The maximum absolute atomic E-state index is 14.1. The van der Waals surface area contributed by atoms with Crippen molar-refractivity contribution in [3.05, 3.63) is 87.1 Å². The Morgan fingerprint density at radius 1 is 0.932 bits per heavy atom. The molecule has 0 bridgehead atoms. The molecular weight excluding hydrogens is 990 g/mol. The number of aliphatic hydroxyl groups is 1. The lowest BCUT2D eigenvalue weighted by Crippen LogP contribution is -2.56. The number of aliphatic hydroxyl groups excluding tert-OH is 1. The van der Waals surface area contributed by atoms with Crippen LogP contribution >= 0.6 is 34.5 Å². The third-order valence-corrected chi connectivity index (χ3v) is 15.0. The van der Waals surface area contributed by atoms with Crippen molar-refractivity contribution in [1.82, 2.24) is 35.3 Å². The van der Waals surface area contributed by atoms with Gasteiger partial charge >= 0.3 is 0 Å². The van der Waals surface area contributed by atoms with Gasteiger partial charge < -0.3 is 45.1 Å². The summed E-state index contributed by atoms with van der Waals surface area (Å²) in [6.45, 7) is 13.3. The highest BCUT2D eigenvalue weighted by molar-refractivity contribution is 7.13. The lowest BCUT2D eigenvalue weighted by Gasteiger charge is -2.35. The Hall–Kier alpha value is -5.74. The molecule has 390 valence electrons. The van der Waals surface area contributed by atoms with E-state index in [2.05, 4.69) is 36.9 Å². The Morgan fingerprint density at radius 2 is 1.67 bits per heavy atom. The highest BCUT2D eigenvalue weighted by Crippen LogP contribution is 2.41. The predicted molar refractivity (Wildman–Crippen MR) is 287 cm³/mol. The van der Waals surface area contributed by atoms with Gasteiger partial charge in [0.25, 0.3) is 0 Å². The standard InChI is InChI=1S/C54H67Cl2N9O7S/c1-34-50(73-33-61-34)36-15-13-35(14-16-36)30-60-52(68)44-24-38(66)32-65(44)53(69)51(54(2,3)4)58-17-10-8-7-9-12-48(67)64-21-19-63(20-22-64)18-11-23-72-47-27-42-39(25-46(47)71-6)49(37(29-57)31-59-42)62-43-28-45(70-5)41(56)26-40(43)55/h13-16,25-28,31,33,38,44,51,58,66H,7-12,17-24,30,32H2,1-6H3,(H,59,62)(H,60,68)/t38-,44+,51?/m1/s1. The second kappa shape index (κ2) is 25.5. The number of amides is 3. The van der Waals surface area contributed by atoms with E-state index in [4.69, 9.17) is 37.4 Å². The molecule has 2 saturated heterocycles. The number of carbonyl (C=O) groups is 3. The van der Waals surface area contributed by atoms with Crippen LogP contribution in [0.3, 0.4) is 0 Å². The quantitative estimate of drug-likeness (QED) is 0.0481. The third kappa shape index (κ3) is 14.1. The first-order chi connectivity index (χ1) is 35.1. The highest BCUT2D eigenvalue weighted by atomic mass is 35.5. The summed E-state index contributed by atoms with van der Waals surface area (Å²) in [6.07, 6.45) is 5.65. The molecule has 3 atom stereocenters. The number of rotatable bonds is 22. The van der Waals surface area contributed by atoms with Crippen LogP contribution in [0.5, 0.6) is 17.2 Å². The minimum absolute atomic E-state index is 0.114. The molecule has 3 amide bonds. The number of nitriles is 1. The topological polar surface area (TPSA) is 195 Å². The van der Waals surface area contributed by atoms with Gasteiger partial charge in [0.15, 0.2) is 11.5 Å². The molecule has 4 N–H and O–H groups in total. The van der Waals surface area contributed by atoms with E-state index in [0.29, 0.717) is 94.3 Å². The Kier molecular flexibility index (Phi) is 19.2. The van der Waals surface area contributed by atoms with Gasteiger partial charge in [-0.15, -0.1) is 11.3 Å². The largest absolute Gasteiger partial charge is 0.495 e. The van der Waals surface area contributed by atoms with Crippen molar-refractivity contribution in [3.8, 4) is 33.8 Å². The maximum atomic E-state index is 14.1. The van der Waals surface area contributed by atoms with Crippen LogP contribution in [-0.2, 0) is 20.9 Å². The first-order valence-corrected chi connectivity index (χ1v) is 26.5. The molecule has 4 heterocycles. The minimum Gasteiger partial charge on any atom is -0.495 e. The molecule has 2 aliphatic heterocycles. The second-order valence-electron chi connectivity index (χ2n) is 19.7. The predicted octanol–water partition coefficient (Wildman–Crippen LogP) is 8.75. The van der Waals surface area contributed by atoms with Gasteiger partial charge in [-0.25, -0.2) is 4.98 Å². The van der Waals surface area contributed by atoms with E-state index in [1.54, 1.807) is 47.6 Å². The minimum atomic E-state index is -0.774. The molecule has 0 spiro atoms. The van der Waals surface area contributed by atoms with E-state index in [-0.39, 0.29) is 30.7 Å². The Labute approximate surface area is 442 Å². The number of halogens is 2. The van der Waals surface area contributed by atoms with E-state index in [1.165, 1.54) is 13.3 Å². The van der Waals surface area contributed by atoms with Crippen LogP contribution in [0.2, 0.25) is 10.0 Å². The number of unbranched alkanes of at least 4 members (excludes halogenated alkanes) is 3. The molecule has 7 rings (SSSR count). The number of benzene rings is 3. The number of nitrogens with one attached hydrogen (secondary N) is 3. The fraction of sp³-hybridized carbons (Fsp3) is 0.481.